The first kappa shape index (κ1) is 12.0. The number of hydrogen-bond acceptors (Lipinski definition) is 4. The predicted octanol–water partition coefficient (Wildman–Crippen LogP) is 3.54. The molecule has 3 nitrogen and oxygen atoms in total. The number of hydrogen-bond donors (Lipinski definition) is 1. The molecule has 0 spiro atoms. The van der Waals surface area contributed by atoms with Crippen LogP contribution < -0.4 is 5.32 Å². The third-order valence-corrected chi connectivity index (χ3v) is 3.32. The Morgan fingerprint density at radius 1 is 1.29 bits per heavy atom. The van der Waals surface area contributed by atoms with Crippen LogP contribution in [-0.2, 0) is 11.5 Å². The fraction of sp³-hybridized carbons (Fsp3) is 0.308. The van der Waals surface area contributed by atoms with Crippen molar-refractivity contribution >= 4 is 17.6 Å². The summed E-state index contributed by atoms with van der Waals surface area (Å²) in [4.78, 5) is 4.34. The summed E-state index contributed by atoms with van der Waals surface area (Å²) in [6, 6.07) is 8.01. The van der Waals surface area contributed by atoms with Gasteiger partial charge in [-0.05, 0) is 25.1 Å². The van der Waals surface area contributed by atoms with Gasteiger partial charge in [0.15, 0.2) is 0 Å². The average molecular weight is 248 g/mol. The molecule has 0 aliphatic rings. The number of pyridine rings is 1. The summed E-state index contributed by atoms with van der Waals surface area (Å²) < 4.78 is 5.30. The molecule has 2 heterocycles. The smallest absolute Gasteiger partial charge is 0.129 e. The van der Waals surface area contributed by atoms with Crippen molar-refractivity contribution in [2.24, 2.45) is 0 Å². The molecule has 0 bridgehead atoms. The van der Waals surface area contributed by atoms with Gasteiger partial charge in [0.05, 0.1) is 12.0 Å². The number of nitrogens with zero attached hydrogens (tertiary/aromatic N) is 1. The van der Waals surface area contributed by atoms with E-state index in [2.05, 4.69) is 23.3 Å². The number of rotatable bonds is 6. The standard InChI is InChI=1S/C13H16N2OS/c1-2-14-13-11(5-3-7-15-13)9-17-10-12-6-4-8-16-12/h3-8H,2,9-10H2,1H3,(H,14,15). The van der Waals surface area contributed by atoms with Crippen LogP contribution in [0.2, 0.25) is 0 Å². The van der Waals surface area contributed by atoms with Gasteiger partial charge in [0.2, 0.25) is 0 Å². The van der Waals surface area contributed by atoms with Crippen molar-refractivity contribution in [2.45, 2.75) is 18.4 Å². The van der Waals surface area contributed by atoms with Gasteiger partial charge < -0.3 is 9.73 Å². The molecular formula is C13H16N2OS. The predicted molar refractivity (Wildman–Crippen MR) is 72.1 cm³/mol. The molecule has 0 saturated heterocycles. The van der Waals surface area contributed by atoms with Gasteiger partial charge >= 0.3 is 0 Å². The van der Waals surface area contributed by atoms with Gasteiger partial charge in [-0.2, -0.15) is 0 Å². The molecule has 0 atom stereocenters. The van der Waals surface area contributed by atoms with E-state index in [-0.39, 0.29) is 0 Å². The summed E-state index contributed by atoms with van der Waals surface area (Å²) in [6.07, 6.45) is 3.53. The first-order chi connectivity index (χ1) is 8.40. The highest BCUT2D eigenvalue weighted by Crippen LogP contribution is 2.21. The lowest BCUT2D eigenvalue weighted by atomic mass is 10.3. The van der Waals surface area contributed by atoms with Crippen LogP contribution in [0.1, 0.15) is 18.2 Å². The number of nitrogens with one attached hydrogen (secondary N) is 1. The molecule has 0 aromatic carbocycles. The van der Waals surface area contributed by atoms with E-state index in [1.807, 2.05) is 36.2 Å². The summed E-state index contributed by atoms with van der Waals surface area (Å²) in [6.45, 7) is 2.97. The average Bonchev–Trinajstić information content (AvgIpc) is 2.85. The maximum Gasteiger partial charge on any atom is 0.129 e. The molecule has 0 fully saturated rings. The van der Waals surface area contributed by atoms with E-state index < -0.39 is 0 Å². The second-order valence-electron chi connectivity index (χ2n) is 3.61. The maximum absolute atomic E-state index is 5.30. The van der Waals surface area contributed by atoms with Crippen LogP contribution in [-0.4, -0.2) is 11.5 Å². The van der Waals surface area contributed by atoms with Crippen LogP contribution in [0.15, 0.2) is 41.1 Å². The number of anilines is 1. The van der Waals surface area contributed by atoms with Gasteiger partial charge in [0, 0.05) is 24.1 Å². The van der Waals surface area contributed by atoms with Crippen LogP contribution in [0, 0.1) is 0 Å². The minimum Gasteiger partial charge on any atom is -0.468 e. The van der Waals surface area contributed by atoms with Crippen molar-refractivity contribution in [1.29, 1.82) is 0 Å². The molecule has 0 amide bonds. The Morgan fingerprint density at radius 2 is 2.24 bits per heavy atom. The molecule has 0 aliphatic heterocycles. The number of aromatic nitrogens is 1. The zero-order valence-corrected chi connectivity index (χ0v) is 10.7. The lowest BCUT2D eigenvalue weighted by molar-refractivity contribution is 0.530. The minimum atomic E-state index is 0.896. The van der Waals surface area contributed by atoms with Gasteiger partial charge in [-0.3, -0.25) is 0 Å². The molecule has 90 valence electrons. The fourth-order valence-electron chi connectivity index (χ4n) is 1.54. The van der Waals surface area contributed by atoms with Gasteiger partial charge in [0.1, 0.15) is 11.6 Å². The van der Waals surface area contributed by atoms with Gasteiger partial charge in [-0.1, -0.05) is 6.07 Å². The highest BCUT2D eigenvalue weighted by atomic mass is 32.2. The molecule has 2 aromatic heterocycles. The Bertz CT molecular complexity index is 442. The summed E-state index contributed by atoms with van der Waals surface area (Å²) in [5.41, 5.74) is 1.24. The molecule has 1 N–H and O–H groups in total. The van der Waals surface area contributed by atoms with Crippen LogP contribution >= 0.6 is 11.8 Å². The topological polar surface area (TPSA) is 38.1 Å². The minimum absolute atomic E-state index is 0.896. The summed E-state index contributed by atoms with van der Waals surface area (Å²) in [7, 11) is 0. The number of thioether (sulfide) groups is 1. The Balaban J connectivity index is 1.89. The fourth-order valence-corrected chi connectivity index (χ4v) is 2.46. The zero-order chi connectivity index (χ0) is 11.9. The Kier molecular flexibility index (Phi) is 4.50. The highest BCUT2D eigenvalue weighted by molar-refractivity contribution is 7.97. The zero-order valence-electron chi connectivity index (χ0n) is 9.85. The van der Waals surface area contributed by atoms with Crippen LogP contribution in [0.4, 0.5) is 5.82 Å². The second-order valence-corrected chi connectivity index (χ2v) is 4.60. The number of furan rings is 1. The van der Waals surface area contributed by atoms with E-state index in [0.717, 1.165) is 29.6 Å². The van der Waals surface area contributed by atoms with Gasteiger partial charge in [-0.15, -0.1) is 11.8 Å². The van der Waals surface area contributed by atoms with Gasteiger partial charge in [-0.25, -0.2) is 4.98 Å². The molecule has 4 heteroatoms. The molecule has 0 radical (unpaired) electrons. The van der Waals surface area contributed by atoms with E-state index in [1.165, 1.54) is 5.56 Å². The summed E-state index contributed by atoms with van der Waals surface area (Å²) >= 11 is 1.83. The monoisotopic (exact) mass is 248 g/mol. The highest BCUT2D eigenvalue weighted by Gasteiger charge is 2.03. The molecule has 2 rings (SSSR count). The first-order valence-corrected chi connectivity index (χ1v) is 6.83. The van der Waals surface area contributed by atoms with Crippen molar-refractivity contribution in [2.75, 3.05) is 11.9 Å². The largest absolute Gasteiger partial charge is 0.468 e. The van der Waals surface area contributed by atoms with Crippen molar-refractivity contribution in [3.8, 4) is 0 Å². The molecular weight excluding hydrogens is 232 g/mol. The van der Waals surface area contributed by atoms with Crippen molar-refractivity contribution in [3.63, 3.8) is 0 Å². The van der Waals surface area contributed by atoms with Crippen LogP contribution in [0.25, 0.3) is 0 Å². The van der Waals surface area contributed by atoms with E-state index in [9.17, 15) is 0 Å². The molecule has 0 aliphatic carbocycles. The van der Waals surface area contributed by atoms with Crippen LogP contribution in [0.3, 0.4) is 0 Å². The molecule has 2 aromatic rings. The Hall–Kier alpha value is -1.42. The van der Waals surface area contributed by atoms with Gasteiger partial charge in [0.25, 0.3) is 0 Å². The lowest BCUT2D eigenvalue weighted by Crippen LogP contribution is -2.02. The maximum atomic E-state index is 5.30. The van der Waals surface area contributed by atoms with Crippen molar-refractivity contribution in [1.82, 2.24) is 4.98 Å². The molecule has 0 unspecified atom stereocenters. The second kappa shape index (κ2) is 6.35. The Morgan fingerprint density at radius 3 is 3.00 bits per heavy atom. The normalized spacial score (nSPS) is 10.4. The summed E-state index contributed by atoms with van der Waals surface area (Å²) in [5, 5.41) is 3.27. The van der Waals surface area contributed by atoms with E-state index >= 15 is 0 Å². The van der Waals surface area contributed by atoms with E-state index in [0.29, 0.717) is 0 Å². The summed E-state index contributed by atoms with van der Waals surface area (Å²) in [5.74, 6) is 3.84. The first-order valence-electron chi connectivity index (χ1n) is 5.68. The van der Waals surface area contributed by atoms with Crippen molar-refractivity contribution in [3.05, 3.63) is 48.0 Å². The van der Waals surface area contributed by atoms with Crippen molar-refractivity contribution < 1.29 is 4.42 Å². The molecule has 0 saturated carbocycles. The lowest BCUT2D eigenvalue weighted by Gasteiger charge is -2.08. The third-order valence-electron chi connectivity index (χ3n) is 2.32. The van der Waals surface area contributed by atoms with Crippen LogP contribution in [0.5, 0.6) is 0 Å². The van der Waals surface area contributed by atoms with E-state index in [4.69, 9.17) is 4.42 Å². The third kappa shape index (κ3) is 3.53. The SMILES string of the molecule is CCNc1ncccc1CSCc1ccco1. The molecule has 17 heavy (non-hydrogen) atoms. The Labute approximate surface area is 106 Å². The van der Waals surface area contributed by atoms with E-state index in [1.54, 1.807) is 6.26 Å². The quantitative estimate of drug-likeness (QED) is 0.848.